The highest BCUT2D eigenvalue weighted by molar-refractivity contribution is 5.77. The summed E-state index contributed by atoms with van der Waals surface area (Å²) in [5.41, 5.74) is 0. The molecule has 0 aromatic heterocycles. The Kier molecular flexibility index (Phi) is 3.08. The van der Waals surface area contributed by atoms with Crippen molar-refractivity contribution in [3.8, 4) is 0 Å². The summed E-state index contributed by atoms with van der Waals surface area (Å²) in [5, 5.41) is 8.28. The Morgan fingerprint density at radius 1 is 1.78 bits per heavy atom. The third-order valence-corrected chi connectivity index (χ3v) is 0.741. The van der Waals surface area contributed by atoms with E-state index in [2.05, 4.69) is 0 Å². The second-order valence-electron chi connectivity index (χ2n) is 1.35. The second kappa shape index (κ2) is 3.34. The van der Waals surface area contributed by atoms with Gasteiger partial charge < -0.3 is 0 Å². The highest BCUT2D eigenvalue weighted by atomic mass is 19.3. The van der Waals surface area contributed by atoms with Crippen LogP contribution in [0.2, 0.25) is 0 Å². The molecule has 0 saturated carbocycles. The lowest BCUT2D eigenvalue weighted by Gasteiger charge is -2.09. The van der Waals surface area contributed by atoms with Crippen molar-refractivity contribution < 1.29 is 18.8 Å². The van der Waals surface area contributed by atoms with Crippen LogP contribution in [0.3, 0.4) is 0 Å². The Balaban J connectivity index is 3.73. The summed E-state index contributed by atoms with van der Waals surface area (Å²) >= 11 is 0. The Morgan fingerprint density at radius 3 is 2.33 bits per heavy atom. The Labute approximate surface area is 50.8 Å². The molecule has 54 valence electrons. The van der Waals surface area contributed by atoms with E-state index in [-0.39, 0.29) is 11.6 Å². The third-order valence-electron chi connectivity index (χ3n) is 0.741. The number of rotatable bonds is 2. The van der Waals surface area contributed by atoms with Crippen molar-refractivity contribution in [2.24, 2.45) is 0 Å². The molecule has 0 heterocycles. The number of hydrogen-bond acceptors (Lipinski definition) is 2. The van der Waals surface area contributed by atoms with E-state index in [0.29, 0.717) is 0 Å². The first-order valence-corrected chi connectivity index (χ1v) is 2.38. The molecule has 0 rings (SSSR count). The first kappa shape index (κ1) is 8.29. The van der Waals surface area contributed by atoms with E-state index < -0.39 is 12.3 Å². The molecule has 5 heteroatoms. The van der Waals surface area contributed by atoms with Gasteiger partial charge in [0.25, 0.3) is 0 Å². The molecule has 0 spiro atoms. The summed E-state index contributed by atoms with van der Waals surface area (Å²) in [6.07, 6.45) is -3.12. The topological polar surface area (TPSA) is 40.5 Å². The average Bonchev–Trinajstić information content (AvgIpc) is 1.84. The Hall–Kier alpha value is -0.710. The van der Waals surface area contributed by atoms with E-state index in [1.807, 2.05) is 0 Å². The standard InChI is InChI=1S/C4H7F2NO2/c1-2-7(9)4(8)3(5)6/h3,9H,2H2,1H3. The van der Waals surface area contributed by atoms with Gasteiger partial charge in [-0.1, -0.05) is 0 Å². The van der Waals surface area contributed by atoms with Crippen molar-refractivity contribution >= 4 is 5.91 Å². The molecule has 0 fully saturated rings. The molecule has 0 bridgehead atoms. The van der Waals surface area contributed by atoms with Gasteiger partial charge in [0, 0.05) is 6.54 Å². The molecule has 0 radical (unpaired) electrons. The number of carbonyl (C=O) groups excluding carboxylic acids is 1. The van der Waals surface area contributed by atoms with Gasteiger partial charge in [-0.15, -0.1) is 0 Å². The fourth-order valence-electron chi connectivity index (χ4n) is 0.268. The van der Waals surface area contributed by atoms with E-state index >= 15 is 0 Å². The normalized spacial score (nSPS) is 9.89. The van der Waals surface area contributed by atoms with Gasteiger partial charge in [-0.05, 0) is 6.92 Å². The van der Waals surface area contributed by atoms with Crippen LogP contribution in [0.5, 0.6) is 0 Å². The molecule has 0 aliphatic heterocycles. The van der Waals surface area contributed by atoms with Gasteiger partial charge in [-0.2, -0.15) is 8.78 Å². The molecule has 0 unspecified atom stereocenters. The van der Waals surface area contributed by atoms with Crippen LogP contribution < -0.4 is 0 Å². The van der Waals surface area contributed by atoms with Crippen LogP contribution in [-0.4, -0.2) is 29.1 Å². The Bertz CT molecular complexity index is 107. The minimum absolute atomic E-state index is 0.0231. The zero-order chi connectivity index (χ0) is 7.44. The number of hydroxylamine groups is 2. The van der Waals surface area contributed by atoms with Crippen LogP contribution in [0, 0.1) is 0 Å². The van der Waals surface area contributed by atoms with Crippen molar-refractivity contribution in [1.29, 1.82) is 0 Å². The highest BCUT2D eigenvalue weighted by Gasteiger charge is 2.19. The fraction of sp³-hybridized carbons (Fsp3) is 0.750. The average molecular weight is 139 g/mol. The van der Waals surface area contributed by atoms with Crippen LogP contribution in [-0.2, 0) is 4.79 Å². The molecule has 0 aromatic rings. The highest BCUT2D eigenvalue weighted by Crippen LogP contribution is 1.96. The molecule has 0 aromatic carbocycles. The molecule has 0 saturated heterocycles. The number of amides is 1. The smallest absolute Gasteiger partial charge is 0.286 e. The molecule has 0 aliphatic carbocycles. The van der Waals surface area contributed by atoms with Crippen LogP contribution in [0.25, 0.3) is 0 Å². The van der Waals surface area contributed by atoms with E-state index in [4.69, 9.17) is 5.21 Å². The van der Waals surface area contributed by atoms with Gasteiger partial charge in [0.1, 0.15) is 0 Å². The molecule has 9 heavy (non-hydrogen) atoms. The molecular formula is C4H7F2NO2. The monoisotopic (exact) mass is 139 g/mol. The first-order valence-electron chi connectivity index (χ1n) is 2.38. The van der Waals surface area contributed by atoms with E-state index in [9.17, 15) is 13.6 Å². The van der Waals surface area contributed by atoms with Crippen LogP contribution in [0.1, 0.15) is 6.92 Å². The summed E-state index contributed by atoms with van der Waals surface area (Å²) in [6.45, 7) is 1.27. The maximum atomic E-state index is 11.3. The van der Waals surface area contributed by atoms with Gasteiger partial charge >= 0.3 is 12.3 Å². The first-order chi connectivity index (χ1) is 4.09. The zero-order valence-electron chi connectivity index (χ0n) is 4.84. The Morgan fingerprint density at radius 2 is 2.22 bits per heavy atom. The molecular weight excluding hydrogens is 132 g/mol. The summed E-state index contributed by atoms with van der Waals surface area (Å²) in [7, 11) is 0. The number of carbonyl (C=O) groups is 1. The van der Waals surface area contributed by atoms with Crippen molar-refractivity contribution in [3.63, 3.8) is 0 Å². The van der Waals surface area contributed by atoms with Gasteiger partial charge in [0.05, 0.1) is 0 Å². The molecule has 1 N–H and O–H groups in total. The van der Waals surface area contributed by atoms with Gasteiger partial charge in [-0.3, -0.25) is 10.0 Å². The van der Waals surface area contributed by atoms with Crippen molar-refractivity contribution in [3.05, 3.63) is 0 Å². The quantitative estimate of drug-likeness (QED) is 0.446. The van der Waals surface area contributed by atoms with E-state index in [1.54, 1.807) is 0 Å². The predicted molar refractivity (Wildman–Crippen MR) is 25.2 cm³/mol. The van der Waals surface area contributed by atoms with Crippen molar-refractivity contribution in [2.45, 2.75) is 13.3 Å². The third kappa shape index (κ3) is 2.36. The minimum atomic E-state index is -3.12. The minimum Gasteiger partial charge on any atom is -0.286 e. The van der Waals surface area contributed by atoms with Crippen molar-refractivity contribution in [2.75, 3.05) is 6.54 Å². The number of alkyl halides is 2. The molecule has 0 atom stereocenters. The van der Waals surface area contributed by atoms with Gasteiger partial charge in [-0.25, -0.2) is 5.06 Å². The van der Waals surface area contributed by atoms with Crippen LogP contribution >= 0.6 is 0 Å². The lowest BCUT2D eigenvalue weighted by molar-refractivity contribution is -0.176. The maximum Gasteiger partial charge on any atom is 0.317 e. The summed E-state index contributed by atoms with van der Waals surface area (Å²) in [6, 6.07) is 0. The molecule has 1 amide bonds. The molecule has 0 aliphatic rings. The largest absolute Gasteiger partial charge is 0.317 e. The van der Waals surface area contributed by atoms with Crippen molar-refractivity contribution in [1.82, 2.24) is 5.06 Å². The summed E-state index contributed by atoms with van der Waals surface area (Å²) in [5.74, 6) is -1.56. The number of nitrogens with zero attached hydrogens (tertiary/aromatic N) is 1. The summed E-state index contributed by atoms with van der Waals surface area (Å²) < 4.78 is 22.6. The SMILES string of the molecule is CCN(O)C(=O)C(F)F. The van der Waals surface area contributed by atoms with E-state index in [1.165, 1.54) is 6.92 Å². The van der Waals surface area contributed by atoms with Crippen LogP contribution in [0.15, 0.2) is 0 Å². The van der Waals surface area contributed by atoms with Gasteiger partial charge in [0.15, 0.2) is 0 Å². The lowest BCUT2D eigenvalue weighted by Crippen LogP contribution is -2.32. The zero-order valence-corrected chi connectivity index (χ0v) is 4.84. The van der Waals surface area contributed by atoms with Crippen LogP contribution in [0.4, 0.5) is 8.78 Å². The summed E-state index contributed by atoms with van der Waals surface area (Å²) in [4.78, 5) is 10.00. The second-order valence-corrected chi connectivity index (χ2v) is 1.35. The fourth-order valence-corrected chi connectivity index (χ4v) is 0.268. The number of halogens is 2. The van der Waals surface area contributed by atoms with Gasteiger partial charge in [0.2, 0.25) is 0 Å². The maximum absolute atomic E-state index is 11.3. The predicted octanol–water partition coefficient (Wildman–Crippen LogP) is 0.489. The number of hydrogen-bond donors (Lipinski definition) is 1. The van der Waals surface area contributed by atoms with E-state index in [0.717, 1.165) is 0 Å². The lowest BCUT2D eigenvalue weighted by atomic mass is 10.6. The molecule has 3 nitrogen and oxygen atoms in total.